The van der Waals surface area contributed by atoms with E-state index < -0.39 is 11.7 Å². The van der Waals surface area contributed by atoms with Gasteiger partial charge in [0.15, 0.2) is 18.2 Å². The van der Waals surface area contributed by atoms with Gasteiger partial charge in [-0.05, 0) is 11.1 Å². The molecule has 2 aromatic carbocycles. The van der Waals surface area contributed by atoms with Crippen LogP contribution in [0.5, 0.6) is 0 Å². The Hall–Kier alpha value is -2.26. The summed E-state index contributed by atoms with van der Waals surface area (Å²) in [5, 5.41) is 0. The first kappa shape index (κ1) is 11.8. The Balaban J connectivity index is 2.24. The molecule has 0 saturated carbocycles. The molecule has 2 atom stereocenters. The molecule has 0 aliphatic carbocycles. The average Bonchev–Trinajstić information content (AvgIpc) is 2.83. The lowest BCUT2D eigenvalue weighted by Gasteiger charge is -2.24. The molecule has 0 amide bonds. The lowest BCUT2D eigenvalue weighted by Crippen LogP contribution is -2.29. The fourth-order valence-corrected chi connectivity index (χ4v) is 2.58. The third-order valence-corrected chi connectivity index (χ3v) is 3.47. The minimum absolute atomic E-state index is 0.693. The lowest BCUT2D eigenvalue weighted by atomic mass is 9.86. The Morgan fingerprint density at radius 2 is 1.63 bits per heavy atom. The zero-order valence-electron chi connectivity index (χ0n) is 10.2. The Kier molecular flexibility index (Phi) is 2.76. The van der Waals surface area contributed by atoms with Gasteiger partial charge in [-0.1, -0.05) is 54.6 Å². The molecule has 1 aliphatic rings. The first-order chi connectivity index (χ1) is 9.31. The summed E-state index contributed by atoms with van der Waals surface area (Å²) in [5.41, 5.74) is 1.06. The first-order valence-corrected chi connectivity index (χ1v) is 6.06. The highest BCUT2D eigenvalue weighted by molar-refractivity contribution is 5.78. The zero-order valence-corrected chi connectivity index (χ0v) is 10.2. The van der Waals surface area contributed by atoms with Gasteiger partial charge in [0.05, 0.1) is 0 Å². The molecule has 1 aliphatic heterocycles. The second-order valence-corrected chi connectivity index (χ2v) is 4.48. The molecule has 2 unspecified atom stereocenters. The number of carbonyl (C=O) groups is 2. The minimum atomic E-state index is -1.18. The highest BCUT2D eigenvalue weighted by Gasteiger charge is 2.46. The third-order valence-electron chi connectivity index (χ3n) is 3.47. The largest absolute Gasteiger partial charge is 0.343 e. The van der Waals surface area contributed by atoms with Crippen molar-refractivity contribution in [2.75, 3.05) is 0 Å². The monoisotopic (exact) mass is 252 g/mol. The molecular formula is C16H12O3. The smallest absolute Gasteiger partial charge is 0.175 e. The normalized spacial score (nSPS) is 24.7. The van der Waals surface area contributed by atoms with Gasteiger partial charge in [-0.3, -0.25) is 4.79 Å². The van der Waals surface area contributed by atoms with Crippen molar-refractivity contribution in [3.8, 4) is 0 Å². The van der Waals surface area contributed by atoms with Gasteiger partial charge in [-0.15, -0.1) is 0 Å². The number of hydrogen-bond donors (Lipinski definition) is 0. The van der Waals surface area contributed by atoms with Crippen LogP contribution in [-0.4, -0.2) is 12.6 Å². The SMILES string of the molecule is O=CC1OC(C=O)(c2ccccc2)c2ccccc21. The van der Waals surface area contributed by atoms with Crippen LogP contribution in [0, 0.1) is 0 Å². The average molecular weight is 252 g/mol. The van der Waals surface area contributed by atoms with Crippen molar-refractivity contribution in [2.45, 2.75) is 11.7 Å². The van der Waals surface area contributed by atoms with Crippen LogP contribution in [0.15, 0.2) is 54.6 Å². The molecule has 94 valence electrons. The third kappa shape index (κ3) is 1.63. The van der Waals surface area contributed by atoms with Gasteiger partial charge in [0.2, 0.25) is 0 Å². The molecule has 3 heteroatoms. The van der Waals surface area contributed by atoms with Crippen molar-refractivity contribution < 1.29 is 14.3 Å². The lowest BCUT2D eigenvalue weighted by molar-refractivity contribution is -0.136. The maximum absolute atomic E-state index is 11.7. The number of aldehydes is 2. The van der Waals surface area contributed by atoms with Crippen molar-refractivity contribution in [1.82, 2.24) is 0 Å². The fraction of sp³-hybridized carbons (Fsp3) is 0.125. The molecule has 3 nitrogen and oxygen atoms in total. The van der Waals surface area contributed by atoms with E-state index in [4.69, 9.17) is 4.74 Å². The van der Waals surface area contributed by atoms with Crippen LogP contribution in [0.2, 0.25) is 0 Å². The molecule has 2 aromatic rings. The van der Waals surface area contributed by atoms with Crippen LogP contribution >= 0.6 is 0 Å². The maximum Gasteiger partial charge on any atom is 0.175 e. The van der Waals surface area contributed by atoms with Crippen molar-refractivity contribution in [3.63, 3.8) is 0 Å². The standard InChI is InChI=1S/C16H12O3/c17-10-15-13-8-4-5-9-14(13)16(11-18,19-15)12-6-2-1-3-7-12/h1-11,15H. The topological polar surface area (TPSA) is 43.4 Å². The maximum atomic E-state index is 11.7. The van der Waals surface area contributed by atoms with E-state index in [0.29, 0.717) is 0 Å². The van der Waals surface area contributed by atoms with Gasteiger partial charge in [0.25, 0.3) is 0 Å². The molecule has 0 fully saturated rings. The number of fused-ring (bicyclic) bond motifs is 1. The Morgan fingerprint density at radius 1 is 0.947 bits per heavy atom. The summed E-state index contributed by atoms with van der Waals surface area (Å²) in [6.45, 7) is 0. The number of ether oxygens (including phenoxy) is 1. The summed E-state index contributed by atoms with van der Waals surface area (Å²) in [6.07, 6.45) is 0.805. The van der Waals surface area contributed by atoms with Gasteiger partial charge in [-0.2, -0.15) is 0 Å². The van der Waals surface area contributed by atoms with E-state index in [1.54, 1.807) is 0 Å². The Bertz CT molecular complexity index is 621. The van der Waals surface area contributed by atoms with E-state index in [1.165, 1.54) is 0 Å². The summed E-state index contributed by atoms with van der Waals surface area (Å²) >= 11 is 0. The number of rotatable bonds is 3. The van der Waals surface area contributed by atoms with E-state index >= 15 is 0 Å². The number of hydrogen-bond acceptors (Lipinski definition) is 3. The molecule has 0 bridgehead atoms. The number of carbonyl (C=O) groups excluding carboxylic acids is 2. The highest BCUT2D eigenvalue weighted by Crippen LogP contribution is 2.45. The van der Waals surface area contributed by atoms with Crippen LogP contribution < -0.4 is 0 Å². The first-order valence-electron chi connectivity index (χ1n) is 6.06. The predicted molar refractivity (Wildman–Crippen MR) is 69.6 cm³/mol. The van der Waals surface area contributed by atoms with Crippen LogP contribution in [0.4, 0.5) is 0 Å². The molecule has 0 spiro atoms. The molecule has 0 N–H and O–H groups in total. The fourth-order valence-electron chi connectivity index (χ4n) is 2.58. The van der Waals surface area contributed by atoms with E-state index in [1.807, 2.05) is 54.6 Å². The summed E-state index contributed by atoms with van der Waals surface area (Å²) in [6, 6.07) is 16.6. The molecule has 0 saturated heterocycles. The number of benzene rings is 2. The van der Waals surface area contributed by atoms with Crippen molar-refractivity contribution in [3.05, 3.63) is 71.3 Å². The summed E-state index contributed by atoms with van der Waals surface area (Å²) in [7, 11) is 0. The molecular weight excluding hydrogens is 240 g/mol. The minimum Gasteiger partial charge on any atom is -0.343 e. The van der Waals surface area contributed by atoms with Crippen LogP contribution in [-0.2, 0) is 19.9 Å². The molecule has 3 rings (SSSR count). The molecule has 19 heavy (non-hydrogen) atoms. The molecule has 1 heterocycles. The Labute approximate surface area is 110 Å². The summed E-state index contributed by atoms with van der Waals surface area (Å²) < 4.78 is 5.77. The quantitative estimate of drug-likeness (QED) is 0.788. The van der Waals surface area contributed by atoms with Gasteiger partial charge in [0.1, 0.15) is 6.10 Å². The van der Waals surface area contributed by atoms with Crippen molar-refractivity contribution >= 4 is 12.6 Å². The molecule has 0 radical (unpaired) electrons. The van der Waals surface area contributed by atoms with E-state index in [9.17, 15) is 9.59 Å². The van der Waals surface area contributed by atoms with E-state index in [0.717, 1.165) is 29.3 Å². The van der Waals surface area contributed by atoms with Crippen molar-refractivity contribution in [1.29, 1.82) is 0 Å². The van der Waals surface area contributed by atoms with Gasteiger partial charge in [0, 0.05) is 5.56 Å². The van der Waals surface area contributed by atoms with Crippen LogP contribution in [0.3, 0.4) is 0 Å². The van der Waals surface area contributed by atoms with Gasteiger partial charge < -0.3 is 9.53 Å². The summed E-state index contributed by atoms with van der Waals surface area (Å²) in [4.78, 5) is 22.9. The van der Waals surface area contributed by atoms with Gasteiger partial charge >= 0.3 is 0 Å². The van der Waals surface area contributed by atoms with Gasteiger partial charge in [-0.25, -0.2) is 0 Å². The highest BCUT2D eigenvalue weighted by atomic mass is 16.5. The summed E-state index contributed by atoms with van der Waals surface area (Å²) in [5.74, 6) is 0. The Morgan fingerprint density at radius 3 is 2.32 bits per heavy atom. The predicted octanol–water partition coefficient (Wildman–Crippen LogP) is 2.40. The van der Waals surface area contributed by atoms with E-state index in [2.05, 4.69) is 0 Å². The van der Waals surface area contributed by atoms with E-state index in [-0.39, 0.29) is 0 Å². The zero-order chi connectivity index (χ0) is 13.3. The second-order valence-electron chi connectivity index (χ2n) is 4.48. The molecule has 0 aromatic heterocycles. The van der Waals surface area contributed by atoms with Crippen LogP contribution in [0.1, 0.15) is 22.8 Å². The second kappa shape index (κ2) is 4.44. The van der Waals surface area contributed by atoms with Crippen LogP contribution in [0.25, 0.3) is 0 Å². The van der Waals surface area contributed by atoms with Crippen molar-refractivity contribution in [2.24, 2.45) is 0 Å².